The molecular weight excluding hydrogens is 246 g/mol. The molecule has 1 heterocycles. The van der Waals surface area contributed by atoms with Crippen molar-refractivity contribution in [2.24, 2.45) is 0 Å². The van der Waals surface area contributed by atoms with E-state index in [1.807, 2.05) is 6.07 Å². The van der Waals surface area contributed by atoms with Crippen LogP contribution in [0.15, 0.2) is 36.4 Å². The zero-order chi connectivity index (χ0) is 13.7. The lowest BCUT2D eigenvalue weighted by molar-refractivity contribution is 0.0593. The Balaban J connectivity index is 2.01. The van der Waals surface area contributed by atoms with Gasteiger partial charge in [-0.05, 0) is 18.2 Å². The van der Waals surface area contributed by atoms with Gasteiger partial charge in [-0.1, -0.05) is 18.2 Å². The number of nitrogens with zero attached hydrogens (tertiary/aromatic N) is 2. The minimum absolute atomic E-state index is 0.149. The number of carbonyl (C=O) groups excluding carboxylic acids is 1. The van der Waals surface area contributed by atoms with Crippen LogP contribution in [0.4, 0.5) is 5.82 Å². The van der Waals surface area contributed by atoms with Crippen molar-refractivity contribution in [2.75, 3.05) is 12.4 Å². The Morgan fingerprint density at radius 1 is 1.26 bits per heavy atom. The molecule has 0 fully saturated rings. The van der Waals surface area contributed by atoms with Crippen molar-refractivity contribution in [1.82, 2.24) is 10.2 Å². The van der Waals surface area contributed by atoms with Gasteiger partial charge in [0.1, 0.15) is 11.6 Å². The first-order chi connectivity index (χ1) is 9.20. The maximum Gasteiger partial charge on any atom is 0.358 e. The number of methoxy groups -OCH3 is 1. The highest BCUT2D eigenvalue weighted by Gasteiger charge is 2.07. The van der Waals surface area contributed by atoms with E-state index in [1.165, 1.54) is 13.2 Å². The predicted octanol–water partition coefficient (Wildman–Crippen LogP) is 1.58. The molecule has 2 aromatic rings. The van der Waals surface area contributed by atoms with Crippen LogP contribution in [0.25, 0.3) is 0 Å². The first-order valence-electron chi connectivity index (χ1n) is 5.63. The first-order valence-corrected chi connectivity index (χ1v) is 5.63. The van der Waals surface area contributed by atoms with Crippen LogP contribution < -0.4 is 5.32 Å². The Bertz CT molecular complexity index is 570. The quantitative estimate of drug-likeness (QED) is 0.811. The Morgan fingerprint density at radius 2 is 2.05 bits per heavy atom. The van der Waals surface area contributed by atoms with Gasteiger partial charge >= 0.3 is 5.97 Å². The Hall–Kier alpha value is -2.63. The molecule has 1 aromatic carbocycles. The van der Waals surface area contributed by atoms with Gasteiger partial charge in [0.05, 0.1) is 7.11 Å². The number of para-hydroxylation sites is 1. The van der Waals surface area contributed by atoms with Gasteiger partial charge in [0.25, 0.3) is 0 Å². The molecule has 98 valence electrons. The predicted molar refractivity (Wildman–Crippen MR) is 68.8 cm³/mol. The monoisotopic (exact) mass is 259 g/mol. The summed E-state index contributed by atoms with van der Waals surface area (Å²) < 4.78 is 4.53. The van der Waals surface area contributed by atoms with Crippen molar-refractivity contribution in [2.45, 2.75) is 6.54 Å². The van der Waals surface area contributed by atoms with Gasteiger partial charge in [-0.2, -0.15) is 0 Å². The van der Waals surface area contributed by atoms with E-state index in [2.05, 4.69) is 20.3 Å². The zero-order valence-corrected chi connectivity index (χ0v) is 10.3. The van der Waals surface area contributed by atoms with Crippen LogP contribution in [0.2, 0.25) is 0 Å². The number of aromatic hydroxyl groups is 1. The number of ether oxygens (including phenoxy) is 1. The third kappa shape index (κ3) is 3.19. The molecule has 0 radical (unpaired) electrons. The lowest BCUT2D eigenvalue weighted by Crippen LogP contribution is -2.08. The zero-order valence-electron chi connectivity index (χ0n) is 10.3. The molecule has 0 bridgehead atoms. The van der Waals surface area contributed by atoms with Crippen LogP contribution in [-0.4, -0.2) is 28.4 Å². The number of anilines is 1. The number of carbonyl (C=O) groups is 1. The molecule has 0 atom stereocenters. The molecule has 0 spiro atoms. The fourth-order valence-corrected chi connectivity index (χ4v) is 1.49. The third-order valence-electron chi connectivity index (χ3n) is 2.51. The van der Waals surface area contributed by atoms with E-state index in [4.69, 9.17) is 0 Å². The molecule has 0 saturated carbocycles. The van der Waals surface area contributed by atoms with E-state index in [-0.39, 0.29) is 11.4 Å². The van der Waals surface area contributed by atoms with Gasteiger partial charge in [-0.15, -0.1) is 10.2 Å². The lowest BCUT2D eigenvalue weighted by atomic mass is 10.2. The summed E-state index contributed by atoms with van der Waals surface area (Å²) in [5.74, 6) is 0.199. The van der Waals surface area contributed by atoms with Gasteiger partial charge in [0, 0.05) is 12.1 Å². The number of hydrogen-bond donors (Lipinski definition) is 2. The SMILES string of the molecule is COC(=O)c1ccc(NCc2ccccc2O)nn1. The summed E-state index contributed by atoms with van der Waals surface area (Å²) in [6, 6.07) is 10.2. The largest absolute Gasteiger partial charge is 0.508 e. The van der Waals surface area contributed by atoms with Crippen molar-refractivity contribution < 1.29 is 14.6 Å². The van der Waals surface area contributed by atoms with Crippen molar-refractivity contribution >= 4 is 11.8 Å². The second-order valence-electron chi connectivity index (χ2n) is 3.78. The summed E-state index contributed by atoms with van der Waals surface area (Å²) in [4.78, 5) is 11.2. The Kier molecular flexibility index (Phi) is 3.92. The Labute approximate surface area is 110 Å². The average Bonchev–Trinajstić information content (AvgIpc) is 2.46. The molecule has 0 unspecified atom stereocenters. The summed E-state index contributed by atoms with van der Waals surface area (Å²) in [6.07, 6.45) is 0. The highest BCUT2D eigenvalue weighted by molar-refractivity contribution is 5.86. The highest BCUT2D eigenvalue weighted by atomic mass is 16.5. The summed E-state index contributed by atoms with van der Waals surface area (Å²) >= 11 is 0. The molecule has 0 amide bonds. The molecule has 0 aliphatic rings. The molecule has 6 heteroatoms. The maximum atomic E-state index is 11.2. The number of aromatic nitrogens is 2. The summed E-state index contributed by atoms with van der Waals surface area (Å²) in [5.41, 5.74) is 0.900. The number of hydrogen-bond acceptors (Lipinski definition) is 6. The number of rotatable bonds is 4. The van der Waals surface area contributed by atoms with E-state index in [0.29, 0.717) is 12.4 Å². The maximum absolute atomic E-state index is 11.2. The standard InChI is InChI=1S/C13H13N3O3/c1-19-13(18)10-6-7-12(16-15-10)14-8-9-4-2-3-5-11(9)17/h2-7,17H,8H2,1H3,(H,14,16). The van der Waals surface area contributed by atoms with Crippen LogP contribution >= 0.6 is 0 Å². The van der Waals surface area contributed by atoms with Gasteiger partial charge in [0.15, 0.2) is 5.69 Å². The second kappa shape index (κ2) is 5.81. The van der Waals surface area contributed by atoms with Crippen molar-refractivity contribution in [1.29, 1.82) is 0 Å². The van der Waals surface area contributed by atoms with Gasteiger partial charge in [-0.3, -0.25) is 0 Å². The molecule has 19 heavy (non-hydrogen) atoms. The van der Waals surface area contributed by atoms with Crippen LogP contribution in [-0.2, 0) is 11.3 Å². The normalized spacial score (nSPS) is 9.95. The summed E-state index contributed by atoms with van der Waals surface area (Å²) in [7, 11) is 1.29. The number of phenolic OH excluding ortho intramolecular Hbond substituents is 1. The van der Waals surface area contributed by atoms with Crippen molar-refractivity contribution in [3.05, 3.63) is 47.7 Å². The van der Waals surface area contributed by atoms with Crippen LogP contribution in [0.5, 0.6) is 5.75 Å². The van der Waals surface area contributed by atoms with E-state index >= 15 is 0 Å². The Morgan fingerprint density at radius 3 is 2.68 bits per heavy atom. The summed E-state index contributed by atoms with van der Waals surface area (Å²) in [6.45, 7) is 0.416. The average molecular weight is 259 g/mol. The minimum Gasteiger partial charge on any atom is -0.508 e. The first kappa shape index (κ1) is 12.8. The molecule has 1 aromatic heterocycles. The van der Waals surface area contributed by atoms with Gasteiger partial charge < -0.3 is 15.2 Å². The number of esters is 1. The third-order valence-corrected chi connectivity index (χ3v) is 2.51. The molecule has 2 N–H and O–H groups in total. The molecule has 6 nitrogen and oxygen atoms in total. The fourth-order valence-electron chi connectivity index (χ4n) is 1.49. The molecule has 0 aliphatic heterocycles. The van der Waals surface area contributed by atoms with Gasteiger partial charge in [0.2, 0.25) is 0 Å². The second-order valence-corrected chi connectivity index (χ2v) is 3.78. The van der Waals surface area contributed by atoms with Crippen LogP contribution in [0.1, 0.15) is 16.1 Å². The van der Waals surface area contributed by atoms with E-state index in [1.54, 1.807) is 24.3 Å². The lowest BCUT2D eigenvalue weighted by Gasteiger charge is -2.06. The number of benzene rings is 1. The molecule has 0 aliphatic carbocycles. The van der Waals surface area contributed by atoms with Crippen molar-refractivity contribution in [3.63, 3.8) is 0 Å². The summed E-state index contributed by atoms with van der Waals surface area (Å²) in [5, 5.41) is 20.2. The molecular formula is C13H13N3O3. The molecule has 2 rings (SSSR count). The smallest absolute Gasteiger partial charge is 0.358 e. The van der Waals surface area contributed by atoms with Crippen LogP contribution in [0, 0.1) is 0 Å². The van der Waals surface area contributed by atoms with E-state index in [9.17, 15) is 9.90 Å². The topological polar surface area (TPSA) is 84.3 Å². The fraction of sp³-hybridized carbons (Fsp3) is 0.154. The number of nitrogens with one attached hydrogen (secondary N) is 1. The molecule has 0 saturated heterocycles. The van der Waals surface area contributed by atoms with E-state index in [0.717, 1.165) is 5.56 Å². The van der Waals surface area contributed by atoms with Gasteiger partial charge in [-0.25, -0.2) is 4.79 Å². The number of phenols is 1. The minimum atomic E-state index is -0.528. The van der Waals surface area contributed by atoms with Crippen molar-refractivity contribution in [3.8, 4) is 5.75 Å². The highest BCUT2D eigenvalue weighted by Crippen LogP contribution is 2.16. The van der Waals surface area contributed by atoms with Crippen LogP contribution in [0.3, 0.4) is 0 Å². The van der Waals surface area contributed by atoms with E-state index < -0.39 is 5.97 Å².